The number of nitrogens with two attached hydrogens (primary N) is 1. The van der Waals surface area contributed by atoms with Crippen LogP contribution in [0.2, 0.25) is 0 Å². The van der Waals surface area contributed by atoms with Crippen LogP contribution in [0, 0.1) is 0 Å². The van der Waals surface area contributed by atoms with Crippen LogP contribution < -0.4 is 5.73 Å². The summed E-state index contributed by atoms with van der Waals surface area (Å²) in [5, 5.41) is 0. The number of phosphoric acid groups is 1. The summed E-state index contributed by atoms with van der Waals surface area (Å²) in [6, 6.07) is 0. The Hall–Kier alpha value is -2.81. The number of hydrogen-bond acceptors (Lipinski definition) is 8. The van der Waals surface area contributed by atoms with E-state index in [1.54, 1.807) is 0 Å². The highest BCUT2D eigenvalue weighted by Gasteiger charge is 2.26. The molecule has 0 heterocycles. The van der Waals surface area contributed by atoms with E-state index in [0.717, 1.165) is 96.3 Å². The molecule has 0 radical (unpaired) electrons. The Kier molecular flexibility index (Phi) is 56.2. The van der Waals surface area contributed by atoms with Crippen LogP contribution in [0.4, 0.5) is 0 Å². The fourth-order valence-corrected chi connectivity index (χ4v) is 9.17. The molecule has 0 spiro atoms. The number of esters is 2. The van der Waals surface area contributed by atoms with Crippen LogP contribution in [0.15, 0.2) is 85.1 Å². The smallest absolute Gasteiger partial charge is 0.462 e. The van der Waals surface area contributed by atoms with Crippen molar-refractivity contribution in [3.63, 3.8) is 0 Å². The van der Waals surface area contributed by atoms with E-state index in [1.165, 1.54) is 141 Å². The molecule has 0 aliphatic heterocycles. The second-order valence-corrected chi connectivity index (χ2v) is 21.3. The monoisotopic (exact) mass is 1040 g/mol. The highest BCUT2D eigenvalue weighted by Crippen LogP contribution is 2.43. The van der Waals surface area contributed by atoms with Gasteiger partial charge < -0.3 is 20.1 Å². The van der Waals surface area contributed by atoms with E-state index in [4.69, 9.17) is 24.3 Å². The van der Waals surface area contributed by atoms with Gasteiger partial charge in [-0.15, -0.1) is 0 Å². The average Bonchev–Trinajstić information content (AvgIpc) is 3.38. The number of phosphoric ester groups is 1. The number of carbonyl (C=O) groups is 2. The van der Waals surface area contributed by atoms with Gasteiger partial charge in [0, 0.05) is 19.4 Å². The largest absolute Gasteiger partial charge is 0.472 e. The maximum Gasteiger partial charge on any atom is 0.472 e. The Morgan fingerprint density at radius 3 is 1.05 bits per heavy atom. The molecule has 422 valence electrons. The molecular weight excluding hydrogens is 930 g/mol. The maximum absolute atomic E-state index is 12.7. The Bertz CT molecular complexity index is 1470. The third-order valence-electron chi connectivity index (χ3n) is 12.8. The van der Waals surface area contributed by atoms with Crippen molar-refractivity contribution < 1.29 is 37.6 Å². The van der Waals surface area contributed by atoms with E-state index in [0.29, 0.717) is 6.42 Å². The van der Waals surface area contributed by atoms with Gasteiger partial charge in [-0.05, 0) is 83.5 Å². The highest BCUT2D eigenvalue weighted by molar-refractivity contribution is 7.47. The van der Waals surface area contributed by atoms with Crippen molar-refractivity contribution in [1.82, 2.24) is 0 Å². The molecule has 73 heavy (non-hydrogen) atoms. The lowest BCUT2D eigenvalue weighted by Crippen LogP contribution is -2.29. The number of allylic oxidation sites excluding steroid dienone is 14. The zero-order chi connectivity index (χ0) is 53.1. The summed E-state index contributed by atoms with van der Waals surface area (Å²) in [6.07, 6.45) is 76.6. The minimum atomic E-state index is -4.39. The SMILES string of the molecule is CC/C=C\C/C=C\C/C=C\C/C=C\CCCCCCCCCCCCCCCCCCCCCCCCC(=O)OC(COC(=O)CCCCCCCCC/C=C\C/C=C\C/C=C\CC)COP(=O)(O)OCCN. The Labute approximate surface area is 449 Å². The van der Waals surface area contributed by atoms with Gasteiger partial charge in [0.25, 0.3) is 0 Å². The van der Waals surface area contributed by atoms with Gasteiger partial charge in [-0.1, -0.05) is 259 Å². The summed E-state index contributed by atoms with van der Waals surface area (Å²) in [6.45, 7) is 3.53. The summed E-state index contributed by atoms with van der Waals surface area (Å²) in [4.78, 5) is 35.2. The third-order valence-corrected chi connectivity index (χ3v) is 13.8. The van der Waals surface area contributed by atoms with Crippen LogP contribution in [0.1, 0.15) is 271 Å². The highest BCUT2D eigenvalue weighted by atomic mass is 31.2. The van der Waals surface area contributed by atoms with Gasteiger partial charge in [0.2, 0.25) is 0 Å². The zero-order valence-electron chi connectivity index (χ0n) is 47.1. The van der Waals surface area contributed by atoms with Crippen molar-refractivity contribution >= 4 is 19.8 Å². The van der Waals surface area contributed by atoms with Crippen LogP contribution in [-0.4, -0.2) is 49.3 Å². The van der Waals surface area contributed by atoms with Gasteiger partial charge in [0.05, 0.1) is 13.2 Å². The second-order valence-electron chi connectivity index (χ2n) is 19.8. The fraction of sp³-hybridized carbons (Fsp3) is 0.746. The molecule has 0 fully saturated rings. The lowest BCUT2D eigenvalue weighted by atomic mass is 10.0. The summed E-state index contributed by atoms with van der Waals surface area (Å²) < 4.78 is 33.0. The van der Waals surface area contributed by atoms with Gasteiger partial charge in [0.1, 0.15) is 6.61 Å². The topological polar surface area (TPSA) is 134 Å². The van der Waals surface area contributed by atoms with E-state index >= 15 is 0 Å². The second kappa shape index (κ2) is 58.5. The van der Waals surface area contributed by atoms with E-state index in [-0.39, 0.29) is 38.6 Å². The van der Waals surface area contributed by atoms with Gasteiger partial charge in [-0.3, -0.25) is 18.6 Å². The third kappa shape index (κ3) is 58.3. The summed E-state index contributed by atoms with van der Waals surface area (Å²) in [5.41, 5.74) is 5.38. The summed E-state index contributed by atoms with van der Waals surface area (Å²) >= 11 is 0. The van der Waals surface area contributed by atoms with Crippen LogP contribution in [-0.2, 0) is 32.7 Å². The maximum atomic E-state index is 12.7. The Balaban J connectivity index is 3.85. The molecule has 2 unspecified atom stereocenters. The van der Waals surface area contributed by atoms with Gasteiger partial charge >= 0.3 is 19.8 Å². The van der Waals surface area contributed by atoms with Gasteiger partial charge in [0.15, 0.2) is 6.10 Å². The van der Waals surface area contributed by atoms with E-state index in [2.05, 4.69) is 98.9 Å². The molecule has 0 amide bonds. The predicted octanol–water partition coefficient (Wildman–Crippen LogP) is 19.1. The van der Waals surface area contributed by atoms with Gasteiger partial charge in [-0.2, -0.15) is 0 Å². The van der Waals surface area contributed by atoms with E-state index in [1.807, 2.05) is 0 Å². The van der Waals surface area contributed by atoms with E-state index in [9.17, 15) is 19.0 Å². The van der Waals surface area contributed by atoms with Crippen molar-refractivity contribution in [2.75, 3.05) is 26.4 Å². The van der Waals surface area contributed by atoms with Crippen molar-refractivity contribution in [1.29, 1.82) is 0 Å². The molecule has 0 saturated heterocycles. The zero-order valence-corrected chi connectivity index (χ0v) is 48.0. The van der Waals surface area contributed by atoms with Crippen LogP contribution >= 0.6 is 7.82 Å². The first-order valence-corrected chi connectivity index (χ1v) is 31.6. The van der Waals surface area contributed by atoms with Crippen molar-refractivity contribution in [3.8, 4) is 0 Å². The van der Waals surface area contributed by atoms with Crippen molar-refractivity contribution in [2.24, 2.45) is 5.73 Å². The number of rotatable bonds is 56. The van der Waals surface area contributed by atoms with Gasteiger partial charge in [-0.25, -0.2) is 4.57 Å². The van der Waals surface area contributed by atoms with Crippen LogP contribution in [0.3, 0.4) is 0 Å². The van der Waals surface area contributed by atoms with Crippen molar-refractivity contribution in [2.45, 2.75) is 277 Å². The fourth-order valence-electron chi connectivity index (χ4n) is 8.41. The predicted molar refractivity (Wildman–Crippen MR) is 312 cm³/mol. The molecule has 9 nitrogen and oxygen atoms in total. The molecule has 0 aromatic carbocycles. The molecule has 0 aromatic rings. The molecule has 0 rings (SSSR count). The minimum absolute atomic E-state index is 0.0503. The number of carbonyl (C=O) groups excluding carboxylic acids is 2. The molecule has 0 aliphatic rings. The molecule has 0 bridgehead atoms. The molecule has 3 N–H and O–H groups in total. The molecule has 0 saturated carbocycles. The normalized spacial score (nSPS) is 13.6. The first-order valence-electron chi connectivity index (χ1n) is 30.1. The van der Waals surface area contributed by atoms with Crippen LogP contribution in [0.5, 0.6) is 0 Å². The quantitative estimate of drug-likeness (QED) is 0.0264. The molecule has 2 atom stereocenters. The molecule has 10 heteroatoms. The van der Waals surface area contributed by atoms with E-state index < -0.39 is 26.5 Å². The molecule has 0 aromatic heterocycles. The lowest BCUT2D eigenvalue weighted by Gasteiger charge is -2.19. The minimum Gasteiger partial charge on any atom is -0.462 e. The summed E-state index contributed by atoms with van der Waals surface area (Å²) in [7, 11) is -4.39. The number of ether oxygens (including phenoxy) is 2. The van der Waals surface area contributed by atoms with Crippen LogP contribution in [0.25, 0.3) is 0 Å². The first kappa shape index (κ1) is 70.2. The first-order chi connectivity index (χ1) is 35.8. The van der Waals surface area contributed by atoms with Crippen molar-refractivity contribution in [3.05, 3.63) is 85.1 Å². The Morgan fingerprint density at radius 1 is 0.411 bits per heavy atom. The number of hydrogen-bond donors (Lipinski definition) is 2. The molecule has 0 aliphatic carbocycles. The molecular formula is C63H112NO8P. The lowest BCUT2D eigenvalue weighted by molar-refractivity contribution is -0.161. The average molecular weight is 1040 g/mol. The summed E-state index contributed by atoms with van der Waals surface area (Å²) in [5.74, 6) is -0.833. The standard InChI is InChI=1S/C63H112NO8P/c1-3-5-7-9-11-13-15-17-19-21-22-23-24-25-26-27-28-29-30-31-32-33-34-35-36-37-38-40-42-44-46-48-50-52-54-56-63(66)72-61(60-71-73(67,68)70-58-57-64)59-69-62(65)55-53-51-49-47-45-43-41-39-20-18-16-14-12-10-8-6-4-2/h5-8,11-14,17-20,22-23,61H,3-4,9-10,15-16,21,24-60,64H2,1-2H3,(H,67,68)/b7-5-,8-6-,13-11-,14-12-,19-17-,20-18-,23-22-. The Morgan fingerprint density at radius 2 is 0.712 bits per heavy atom. The number of unbranched alkanes of at least 4 members (excludes halogenated alkanes) is 29.